The highest BCUT2D eigenvalue weighted by molar-refractivity contribution is 4.72. The molecule has 0 spiro atoms. The van der Waals surface area contributed by atoms with E-state index in [1.54, 1.807) is 13.8 Å². The second-order valence-corrected chi connectivity index (χ2v) is 4.50. The summed E-state index contributed by atoms with van der Waals surface area (Å²) in [4.78, 5) is 0. The smallest absolute Gasteiger partial charge is 0.0390 e. The fourth-order valence-corrected chi connectivity index (χ4v) is 1.28. The van der Waals surface area contributed by atoms with E-state index in [-0.39, 0.29) is 5.41 Å². The molecule has 0 aliphatic carbocycles. The molecule has 0 saturated carbocycles. The Kier molecular flexibility index (Phi) is 2.29. The van der Waals surface area contributed by atoms with Crippen LogP contribution in [0.3, 0.4) is 0 Å². The average molecular weight is 129 g/mol. The lowest BCUT2D eigenvalue weighted by Crippen LogP contribution is -2.40. The van der Waals surface area contributed by atoms with Crippen molar-refractivity contribution < 1.29 is 5.11 Å². The first kappa shape index (κ1) is 8.96. The van der Waals surface area contributed by atoms with Gasteiger partial charge in [-0.2, -0.15) is 0 Å². The molecule has 0 aliphatic heterocycles. The van der Waals surface area contributed by atoms with Gasteiger partial charge in [-0.05, 0) is 5.41 Å². The molecule has 0 atom stereocenters. The van der Waals surface area contributed by atoms with Crippen molar-refractivity contribution in [2.24, 2.45) is 5.41 Å². The third kappa shape index (κ3) is 7.96. The van der Waals surface area contributed by atoms with Crippen molar-refractivity contribution in [2.75, 3.05) is 0 Å². The van der Waals surface area contributed by atoms with Crippen LogP contribution in [0, 0.1) is 5.41 Å². The summed E-state index contributed by atoms with van der Waals surface area (Å²) in [6.45, 7) is 9.74. The molecule has 0 aromatic carbocycles. The van der Waals surface area contributed by atoms with Crippen LogP contribution >= 0.6 is 0 Å². The van der Waals surface area contributed by atoms with Gasteiger partial charge in [0.1, 0.15) is 0 Å². The average Bonchev–Trinajstić information content (AvgIpc) is 1.14. The summed E-state index contributed by atoms with van der Waals surface area (Å²) in [5.74, 6) is 0. The molecular formula is C8H17O-. The lowest BCUT2D eigenvalue weighted by atomic mass is 9.84. The second-order valence-electron chi connectivity index (χ2n) is 4.50. The lowest BCUT2D eigenvalue weighted by Gasteiger charge is -2.38. The van der Waals surface area contributed by atoms with E-state index in [1.807, 2.05) is 0 Å². The zero-order valence-electron chi connectivity index (χ0n) is 7.12. The van der Waals surface area contributed by atoms with Crippen molar-refractivity contribution in [3.8, 4) is 0 Å². The summed E-state index contributed by atoms with van der Waals surface area (Å²) in [5, 5.41) is 11.1. The van der Waals surface area contributed by atoms with E-state index in [9.17, 15) is 5.11 Å². The zero-order valence-corrected chi connectivity index (χ0v) is 7.12. The van der Waals surface area contributed by atoms with Gasteiger partial charge in [0.15, 0.2) is 0 Å². The van der Waals surface area contributed by atoms with Gasteiger partial charge in [0.05, 0.1) is 0 Å². The van der Waals surface area contributed by atoms with Crippen LogP contribution in [0.15, 0.2) is 0 Å². The van der Waals surface area contributed by atoms with E-state index >= 15 is 0 Å². The molecule has 0 aromatic rings. The van der Waals surface area contributed by atoms with Crippen LogP contribution in [-0.4, -0.2) is 5.60 Å². The van der Waals surface area contributed by atoms with Gasteiger partial charge in [-0.1, -0.05) is 41.0 Å². The number of hydrogen-bond donors (Lipinski definition) is 0. The largest absolute Gasteiger partial charge is 0.850 e. The van der Waals surface area contributed by atoms with Crippen molar-refractivity contribution >= 4 is 0 Å². The SMILES string of the molecule is CC(C)(C)CC(C)(C)[O-]. The molecular weight excluding hydrogens is 112 g/mol. The molecule has 0 heterocycles. The third-order valence-corrected chi connectivity index (χ3v) is 0.956. The Morgan fingerprint density at radius 1 is 1.00 bits per heavy atom. The molecule has 0 bridgehead atoms. The maximum absolute atomic E-state index is 11.1. The summed E-state index contributed by atoms with van der Waals surface area (Å²) < 4.78 is 0. The molecule has 56 valence electrons. The van der Waals surface area contributed by atoms with E-state index in [0.717, 1.165) is 6.42 Å². The van der Waals surface area contributed by atoms with Gasteiger partial charge >= 0.3 is 0 Å². The Morgan fingerprint density at radius 2 is 1.33 bits per heavy atom. The molecule has 1 heteroatoms. The summed E-state index contributed by atoms with van der Waals surface area (Å²) >= 11 is 0. The normalized spacial score (nSPS) is 14.0. The summed E-state index contributed by atoms with van der Waals surface area (Å²) in [7, 11) is 0. The van der Waals surface area contributed by atoms with Crippen LogP contribution in [-0.2, 0) is 0 Å². The topological polar surface area (TPSA) is 23.1 Å². The molecule has 0 rings (SSSR count). The summed E-state index contributed by atoms with van der Waals surface area (Å²) in [6.07, 6.45) is 0.736. The molecule has 0 aliphatic rings. The van der Waals surface area contributed by atoms with Crippen LogP contribution in [0.2, 0.25) is 0 Å². The fourth-order valence-electron chi connectivity index (χ4n) is 1.28. The van der Waals surface area contributed by atoms with Crippen molar-refractivity contribution in [1.29, 1.82) is 0 Å². The second kappa shape index (κ2) is 2.30. The summed E-state index contributed by atoms with van der Waals surface area (Å²) in [5.41, 5.74) is -0.594. The molecule has 1 nitrogen and oxygen atoms in total. The van der Waals surface area contributed by atoms with Crippen LogP contribution < -0.4 is 5.11 Å². The van der Waals surface area contributed by atoms with Crippen LogP contribution in [0.5, 0.6) is 0 Å². The molecule has 0 radical (unpaired) electrons. The maximum Gasteiger partial charge on any atom is -0.0390 e. The first-order valence-electron chi connectivity index (χ1n) is 3.41. The highest BCUT2D eigenvalue weighted by Gasteiger charge is 2.15. The lowest BCUT2D eigenvalue weighted by molar-refractivity contribution is -0.470. The van der Waals surface area contributed by atoms with Gasteiger partial charge in [0.25, 0.3) is 0 Å². The molecule has 0 fully saturated rings. The van der Waals surface area contributed by atoms with Gasteiger partial charge in [-0.3, -0.25) is 0 Å². The first-order valence-corrected chi connectivity index (χ1v) is 3.41. The Labute approximate surface area is 58.1 Å². The van der Waals surface area contributed by atoms with Gasteiger partial charge < -0.3 is 5.11 Å². The fraction of sp³-hybridized carbons (Fsp3) is 1.00. The van der Waals surface area contributed by atoms with E-state index in [2.05, 4.69) is 20.8 Å². The Morgan fingerprint density at radius 3 is 1.33 bits per heavy atom. The predicted molar refractivity (Wildman–Crippen MR) is 38.2 cm³/mol. The van der Waals surface area contributed by atoms with E-state index in [0.29, 0.717) is 0 Å². The molecule has 0 unspecified atom stereocenters. The monoisotopic (exact) mass is 129 g/mol. The van der Waals surface area contributed by atoms with E-state index in [1.165, 1.54) is 0 Å². The van der Waals surface area contributed by atoms with Crippen molar-refractivity contribution in [3.05, 3.63) is 0 Å². The van der Waals surface area contributed by atoms with Crippen LogP contribution in [0.4, 0.5) is 0 Å². The minimum absolute atomic E-state index is 0.172. The van der Waals surface area contributed by atoms with Crippen LogP contribution in [0.25, 0.3) is 0 Å². The van der Waals surface area contributed by atoms with Gasteiger partial charge in [-0.15, -0.1) is 5.60 Å². The van der Waals surface area contributed by atoms with Gasteiger partial charge in [-0.25, -0.2) is 0 Å². The highest BCUT2D eigenvalue weighted by Crippen LogP contribution is 2.24. The molecule has 0 N–H and O–H groups in total. The predicted octanol–water partition coefficient (Wildman–Crippen LogP) is 1.56. The minimum Gasteiger partial charge on any atom is -0.850 e. The molecule has 0 saturated heterocycles. The van der Waals surface area contributed by atoms with Crippen molar-refractivity contribution in [1.82, 2.24) is 0 Å². The van der Waals surface area contributed by atoms with Crippen molar-refractivity contribution in [2.45, 2.75) is 46.6 Å². The quantitative estimate of drug-likeness (QED) is 0.527. The third-order valence-electron chi connectivity index (χ3n) is 0.956. The van der Waals surface area contributed by atoms with Crippen LogP contribution in [0.1, 0.15) is 41.0 Å². The number of rotatable bonds is 1. The van der Waals surface area contributed by atoms with E-state index < -0.39 is 5.60 Å². The van der Waals surface area contributed by atoms with Crippen molar-refractivity contribution in [3.63, 3.8) is 0 Å². The zero-order chi connectivity index (χ0) is 7.71. The first-order chi connectivity index (χ1) is 3.71. The minimum atomic E-state index is -0.766. The summed E-state index contributed by atoms with van der Waals surface area (Å²) in [6, 6.07) is 0. The molecule has 0 amide bonds. The number of hydrogen-bond acceptors (Lipinski definition) is 1. The van der Waals surface area contributed by atoms with Gasteiger partial charge in [0, 0.05) is 0 Å². The molecule has 9 heavy (non-hydrogen) atoms. The maximum atomic E-state index is 11.1. The van der Waals surface area contributed by atoms with Gasteiger partial charge in [0.2, 0.25) is 0 Å². The molecule has 0 aromatic heterocycles. The Balaban J connectivity index is 3.75. The Hall–Kier alpha value is -0.0400. The van der Waals surface area contributed by atoms with E-state index in [4.69, 9.17) is 0 Å². The highest BCUT2D eigenvalue weighted by atomic mass is 16.3. The standard InChI is InChI=1S/C8H17O/c1-7(2,3)6-8(4,5)9/h6H2,1-5H3/q-1. The Bertz CT molecular complexity index is 69.7.